The highest BCUT2D eigenvalue weighted by atomic mass is 16.5. The molecule has 0 spiro atoms. The molecular formula is C21H26N2O2. The Morgan fingerprint density at radius 2 is 1.72 bits per heavy atom. The van der Waals surface area contributed by atoms with Gasteiger partial charge in [-0.2, -0.15) is 0 Å². The van der Waals surface area contributed by atoms with Gasteiger partial charge in [0, 0.05) is 25.2 Å². The van der Waals surface area contributed by atoms with Crippen LogP contribution in [0.25, 0.3) is 0 Å². The SMILES string of the molecule is Nc1ccccc1CCC(=O)N1CCC(COc2ccccc2)CC1. The normalized spacial score (nSPS) is 15.1. The quantitative estimate of drug-likeness (QED) is 0.820. The molecule has 4 nitrogen and oxygen atoms in total. The van der Waals surface area contributed by atoms with E-state index in [4.69, 9.17) is 10.5 Å². The van der Waals surface area contributed by atoms with Gasteiger partial charge in [-0.1, -0.05) is 36.4 Å². The summed E-state index contributed by atoms with van der Waals surface area (Å²) < 4.78 is 5.84. The number of anilines is 1. The van der Waals surface area contributed by atoms with Gasteiger partial charge in [0.1, 0.15) is 5.75 Å². The van der Waals surface area contributed by atoms with Crippen LogP contribution < -0.4 is 10.5 Å². The largest absolute Gasteiger partial charge is 0.493 e. The Bertz CT molecular complexity index is 679. The Labute approximate surface area is 149 Å². The third-order valence-electron chi connectivity index (χ3n) is 4.86. The molecule has 0 aliphatic carbocycles. The van der Waals surface area contributed by atoms with Gasteiger partial charge < -0.3 is 15.4 Å². The maximum atomic E-state index is 12.4. The maximum absolute atomic E-state index is 12.4. The number of nitrogens with two attached hydrogens (primary N) is 1. The summed E-state index contributed by atoms with van der Waals surface area (Å²) in [5.74, 6) is 1.67. The summed E-state index contributed by atoms with van der Waals surface area (Å²) in [5, 5.41) is 0. The molecule has 0 atom stereocenters. The monoisotopic (exact) mass is 338 g/mol. The fourth-order valence-electron chi connectivity index (χ4n) is 3.24. The van der Waals surface area contributed by atoms with Crippen molar-refractivity contribution in [1.82, 2.24) is 4.90 Å². The molecule has 1 aliphatic heterocycles. The van der Waals surface area contributed by atoms with E-state index in [-0.39, 0.29) is 5.91 Å². The van der Waals surface area contributed by atoms with Gasteiger partial charge in [0.2, 0.25) is 5.91 Å². The number of likely N-dealkylation sites (tertiary alicyclic amines) is 1. The summed E-state index contributed by atoms with van der Waals surface area (Å²) in [4.78, 5) is 14.4. The molecule has 1 aliphatic rings. The molecule has 0 saturated carbocycles. The van der Waals surface area contributed by atoms with Crippen molar-refractivity contribution in [3.8, 4) is 5.75 Å². The van der Waals surface area contributed by atoms with Gasteiger partial charge in [-0.05, 0) is 48.9 Å². The topological polar surface area (TPSA) is 55.6 Å². The molecule has 1 heterocycles. The second-order valence-corrected chi connectivity index (χ2v) is 6.65. The van der Waals surface area contributed by atoms with Crippen LogP contribution in [0.4, 0.5) is 5.69 Å². The predicted octanol–water partition coefficient (Wildman–Crippen LogP) is 3.52. The van der Waals surface area contributed by atoms with Crippen LogP contribution in [0.3, 0.4) is 0 Å². The first-order chi connectivity index (χ1) is 12.2. The first kappa shape index (κ1) is 17.3. The fourth-order valence-corrected chi connectivity index (χ4v) is 3.24. The number of carbonyl (C=O) groups is 1. The Hall–Kier alpha value is -2.49. The number of carbonyl (C=O) groups excluding carboxylic acids is 1. The number of hydrogen-bond acceptors (Lipinski definition) is 3. The zero-order valence-corrected chi connectivity index (χ0v) is 14.6. The molecule has 1 amide bonds. The number of para-hydroxylation sites is 2. The Morgan fingerprint density at radius 3 is 2.44 bits per heavy atom. The molecule has 2 aromatic carbocycles. The Morgan fingerprint density at radius 1 is 1.04 bits per heavy atom. The third-order valence-corrected chi connectivity index (χ3v) is 4.86. The van der Waals surface area contributed by atoms with Crippen LogP contribution in [0.2, 0.25) is 0 Å². The summed E-state index contributed by atoms with van der Waals surface area (Å²) in [6.45, 7) is 2.38. The van der Waals surface area contributed by atoms with Gasteiger partial charge in [0.05, 0.1) is 6.61 Å². The number of ether oxygens (including phenoxy) is 1. The molecule has 4 heteroatoms. The third kappa shape index (κ3) is 4.99. The Kier molecular flexibility index (Phi) is 5.94. The van der Waals surface area contributed by atoms with Gasteiger partial charge in [-0.3, -0.25) is 4.79 Å². The zero-order valence-electron chi connectivity index (χ0n) is 14.6. The Balaban J connectivity index is 1.39. The van der Waals surface area contributed by atoms with Crippen LogP contribution in [0.1, 0.15) is 24.8 Å². The van der Waals surface area contributed by atoms with Crippen LogP contribution in [0.15, 0.2) is 54.6 Å². The standard InChI is InChI=1S/C21H26N2O2/c22-20-9-5-4-6-18(20)10-11-21(24)23-14-12-17(13-15-23)16-25-19-7-2-1-3-8-19/h1-9,17H,10-16,22H2. The average molecular weight is 338 g/mol. The number of amides is 1. The summed E-state index contributed by atoms with van der Waals surface area (Å²) in [6, 6.07) is 17.7. The van der Waals surface area contributed by atoms with Crippen molar-refractivity contribution in [2.75, 3.05) is 25.4 Å². The minimum Gasteiger partial charge on any atom is -0.493 e. The van der Waals surface area contributed by atoms with E-state index in [0.29, 0.717) is 18.8 Å². The first-order valence-corrected chi connectivity index (χ1v) is 9.01. The first-order valence-electron chi connectivity index (χ1n) is 9.01. The van der Waals surface area contributed by atoms with Crippen LogP contribution >= 0.6 is 0 Å². The summed E-state index contributed by atoms with van der Waals surface area (Å²) in [6.07, 6.45) is 3.25. The minimum absolute atomic E-state index is 0.227. The zero-order chi connectivity index (χ0) is 17.5. The molecule has 3 rings (SSSR count). The van der Waals surface area contributed by atoms with Crippen LogP contribution in [-0.4, -0.2) is 30.5 Å². The summed E-state index contributed by atoms with van der Waals surface area (Å²) in [7, 11) is 0. The van der Waals surface area contributed by atoms with Gasteiger partial charge in [-0.25, -0.2) is 0 Å². The van der Waals surface area contributed by atoms with E-state index in [1.54, 1.807) is 0 Å². The summed E-state index contributed by atoms with van der Waals surface area (Å²) in [5.41, 5.74) is 7.77. The lowest BCUT2D eigenvalue weighted by Crippen LogP contribution is -2.39. The number of benzene rings is 2. The smallest absolute Gasteiger partial charge is 0.222 e. The molecule has 0 unspecified atom stereocenters. The number of nitrogen functional groups attached to an aromatic ring is 1. The van der Waals surface area contributed by atoms with Crippen molar-refractivity contribution in [1.29, 1.82) is 0 Å². The average Bonchev–Trinajstić information content (AvgIpc) is 2.67. The van der Waals surface area contributed by atoms with Crippen molar-refractivity contribution >= 4 is 11.6 Å². The van der Waals surface area contributed by atoms with E-state index in [9.17, 15) is 4.79 Å². The number of nitrogens with zero attached hydrogens (tertiary/aromatic N) is 1. The van der Waals surface area contributed by atoms with Crippen LogP contribution in [-0.2, 0) is 11.2 Å². The molecule has 132 valence electrons. The maximum Gasteiger partial charge on any atom is 0.222 e. The van der Waals surface area contributed by atoms with E-state index in [1.807, 2.05) is 59.5 Å². The number of hydrogen-bond donors (Lipinski definition) is 1. The van der Waals surface area contributed by atoms with Gasteiger partial charge in [0.15, 0.2) is 0 Å². The molecule has 0 aromatic heterocycles. The van der Waals surface area contributed by atoms with Crippen LogP contribution in [0, 0.1) is 5.92 Å². The fraction of sp³-hybridized carbons (Fsp3) is 0.381. The molecule has 0 radical (unpaired) electrons. The van der Waals surface area contributed by atoms with E-state index in [0.717, 1.165) is 49.5 Å². The predicted molar refractivity (Wildman–Crippen MR) is 100 cm³/mol. The van der Waals surface area contributed by atoms with Crippen molar-refractivity contribution < 1.29 is 9.53 Å². The second-order valence-electron chi connectivity index (χ2n) is 6.65. The highest BCUT2D eigenvalue weighted by Gasteiger charge is 2.23. The van der Waals surface area contributed by atoms with Crippen molar-refractivity contribution in [3.63, 3.8) is 0 Å². The number of rotatable bonds is 6. The van der Waals surface area contributed by atoms with Crippen LogP contribution in [0.5, 0.6) is 5.75 Å². The number of piperidine rings is 1. The van der Waals surface area contributed by atoms with E-state index < -0.39 is 0 Å². The minimum atomic E-state index is 0.227. The molecule has 2 N–H and O–H groups in total. The van der Waals surface area contributed by atoms with E-state index in [2.05, 4.69) is 0 Å². The lowest BCUT2D eigenvalue weighted by Gasteiger charge is -2.32. The van der Waals surface area contributed by atoms with E-state index >= 15 is 0 Å². The lowest BCUT2D eigenvalue weighted by atomic mass is 9.97. The molecule has 25 heavy (non-hydrogen) atoms. The van der Waals surface area contributed by atoms with Gasteiger partial charge in [-0.15, -0.1) is 0 Å². The van der Waals surface area contributed by atoms with Gasteiger partial charge >= 0.3 is 0 Å². The molecule has 1 fully saturated rings. The molecule has 0 bridgehead atoms. The highest BCUT2D eigenvalue weighted by Crippen LogP contribution is 2.21. The van der Waals surface area contributed by atoms with Crippen molar-refractivity contribution in [2.45, 2.75) is 25.7 Å². The molecular weight excluding hydrogens is 312 g/mol. The lowest BCUT2D eigenvalue weighted by molar-refractivity contribution is -0.132. The van der Waals surface area contributed by atoms with Crippen molar-refractivity contribution in [3.05, 3.63) is 60.2 Å². The number of aryl methyl sites for hydroxylation is 1. The van der Waals surface area contributed by atoms with E-state index in [1.165, 1.54) is 0 Å². The molecule has 2 aromatic rings. The highest BCUT2D eigenvalue weighted by molar-refractivity contribution is 5.76. The summed E-state index contributed by atoms with van der Waals surface area (Å²) >= 11 is 0. The second kappa shape index (κ2) is 8.56. The van der Waals surface area contributed by atoms with Crippen molar-refractivity contribution in [2.24, 2.45) is 5.92 Å². The molecule has 1 saturated heterocycles. The van der Waals surface area contributed by atoms with Gasteiger partial charge in [0.25, 0.3) is 0 Å².